The molecule has 9 heteroatoms. The van der Waals surface area contributed by atoms with Crippen molar-refractivity contribution >= 4 is 34.8 Å². The lowest BCUT2D eigenvalue weighted by molar-refractivity contribution is -0.126. The van der Waals surface area contributed by atoms with Crippen molar-refractivity contribution in [3.8, 4) is 0 Å². The van der Waals surface area contributed by atoms with Crippen LogP contribution in [0.2, 0.25) is 0 Å². The molecule has 0 aliphatic carbocycles. The van der Waals surface area contributed by atoms with Gasteiger partial charge in [0.2, 0.25) is 5.91 Å². The Bertz CT molecular complexity index is 1520. The van der Waals surface area contributed by atoms with E-state index < -0.39 is 17.9 Å². The lowest BCUT2D eigenvalue weighted by Gasteiger charge is -2.41. The van der Waals surface area contributed by atoms with Gasteiger partial charge in [0.25, 0.3) is 11.8 Å². The van der Waals surface area contributed by atoms with Gasteiger partial charge in [0, 0.05) is 62.4 Å². The maximum absolute atomic E-state index is 13.3. The smallest absolute Gasteiger partial charge is 0.264 e. The van der Waals surface area contributed by atoms with E-state index in [2.05, 4.69) is 64.6 Å². The number of piperazine rings is 1. The lowest BCUT2D eigenvalue weighted by atomic mass is 10.1. The number of hydrogen-bond donors (Lipinski definition) is 3. The molecule has 3 aromatic carbocycles. The van der Waals surface area contributed by atoms with E-state index in [-0.39, 0.29) is 5.91 Å². The van der Waals surface area contributed by atoms with Gasteiger partial charge in [0.15, 0.2) is 0 Å². The van der Waals surface area contributed by atoms with Gasteiger partial charge in [-0.05, 0) is 73.7 Å². The molecule has 42 heavy (non-hydrogen) atoms. The highest BCUT2D eigenvalue weighted by Crippen LogP contribution is 2.32. The van der Waals surface area contributed by atoms with Gasteiger partial charge in [-0.15, -0.1) is 0 Å². The van der Waals surface area contributed by atoms with Gasteiger partial charge in [0.05, 0.1) is 11.1 Å². The van der Waals surface area contributed by atoms with E-state index in [0.717, 1.165) is 48.8 Å². The summed E-state index contributed by atoms with van der Waals surface area (Å²) < 4.78 is 0. The molecular weight excluding hydrogens is 528 g/mol. The van der Waals surface area contributed by atoms with Crippen LogP contribution < -0.4 is 21.3 Å². The molecule has 0 radical (unpaired) electrons. The minimum absolute atomic E-state index is 0.265. The molecule has 0 aromatic heterocycles. The van der Waals surface area contributed by atoms with Crippen molar-refractivity contribution in [3.63, 3.8) is 0 Å². The van der Waals surface area contributed by atoms with Crippen molar-refractivity contribution in [2.75, 3.05) is 42.1 Å². The normalized spacial score (nSPS) is 21.0. The second-order valence-electron chi connectivity index (χ2n) is 11.6. The Labute approximate surface area is 246 Å². The molecule has 3 aromatic rings. The van der Waals surface area contributed by atoms with Crippen molar-refractivity contribution in [1.82, 2.24) is 15.1 Å². The van der Waals surface area contributed by atoms with Crippen LogP contribution in [0.3, 0.4) is 0 Å². The van der Waals surface area contributed by atoms with Crippen molar-refractivity contribution in [2.24, 2.45) is 0 Å². The molecule has 2 atom stereocenters. The Hall–Kier alpha value is -4.37. The third kappa shape index (κ3) is 5.32. The second kappa shape index (κ2) is 11.5. The minimum Gasteiger partial charge on any atom is -0.399 e. The zero-order chi connectivity index (χ0) is 29.4. The summed E-state index contributed by atoms with van der Waals surface area (Å²) in [7, 11) is 0. The van der Waals surface area contributed by atoms with Gasteiger partial charge in [-0.25, -0.2) is 0 Å². The molecule has 2 fully saturated rings. The monoisotopic (exact) mass is 566 g/mol. The first-order valence-corrected chi connectivity index (χ1v) is 14.8. The van der Waals surface area contributed by atoms with Crippen LogP contribution in [0.1, 0.15) is 57.2 Å². The number of carbonyl (C=O) groups excluding carboxylic acids is 3. The van der Waals surface area contributed by atoms with E-state index in [4.69, 9.17) is 5.73 Å². The third-order valence-corrected chi connectivity index (χ3v) is 8.73. The average Bonchev–Trinajstić information content (AvgIpc) is 3.24. The number of nitrogen functional groups attached to an aromatic ring is 1. The first kappa shape index (κ1) is 27.8. The number of piperidine rings is 1. The average molecular weight is 567 g/mol. The number of rotatable bonds is 7. The van der Waals surface area contributed by atoms with E-state index in [1.165, 1.54) is 16.8 Å². The summed E-state index contributed by atoms with van der Waals surface area (Å²) in [6.45, 7) is 9.30. The van der Waals surface area contributed by atoms with Crippen LogP contribution in [0, 0.1) is 6.92 Å². The first-order valence-electron chi connectivity index (χ1n) is 14.8. The number of amides is 3. The highest BCUT2D eigenvalue weighted by Gasteiger charge is 2.44. The van der Waals surface area contributed by atoms with E-state index in [9.17, 15) is 14.4 Å². The van der Waals surface area contributed by atoms with E-state index >= 15 is 0 Å². The molecule has 0 bridgehead atoms. The number of fused-ring (bicyclic) bond motifs is 1. The Morgan fingerprint density at radius 2 is 1.76 bits per heavy atom. The number of carbonyl (C=O) groups is 3. The van der Waals surface area contributed by atoms with E-state index in [1.807, 2.05) is 18.2 Å². The third-order valence-electron chi connectivity index (χ3n) is 8.73. The fraction of sp³-hybridized carbons (Fsp3) is 0.364. The maximum atomic E-state index is 13.3. The summed E-state index contributed by atoms with van der Waals surface area (Å²) >= 11 is 0. The maximum Gasteiger partial charge on any atom is 0.264 e. The fourth-order valence-corrected chi connectivity index (χ4v) is 6.41. The molecule has 2 saturated heterocycles. The highest BCUT2D eigenvalue weighted by molar-refractivity contribution is 6.25. The van der Waals surface area contributed by atoms with Crippen LogP contribution >= 0.6 is 0 Å². The number of nitrogens with zero attached hydrogens (tertiary/aromatic N) is 3. The topological polar surface area (TPSA) is 111 Å². The van der Waals surface area contributed by atoms with Gasteiger partial charge in [0.1, 0.15) is 6.04 Å². The number of anilines is 3. The van der Waals surface area contributed by atoms with Gasteiger partial charge in [-0.2, -0.15) is 0 Å². The number of benzene rings is 3. The summed E-state index contributed by atoms with van der Waals surface area (Å²) in [6.07, 6.45) is 1.23. The van der Waals surface area contributed by atoms with Crippen LogP contribution in [0.15, 0.2) is 60.7 Å². The summed E-state index contributed by atoms with van der Waals surface area (Å²) in [5, 5.41) is 6.13. The van der Waals surface area contributed by atoms with Gasteiger partial charge in [-0.1, -0.05) is 30.3 Å². The van der Waals surface area contributed by atoms with Crippen molar-refractivity contribution in [2.45, 2.75) is 51.9 Å². The van der Waals surface area contributed by atoms with Crippen molar-refractivity contribution in [3.05, 3.63) is 88.5 Å². The standard InChI is InChI=1S/C33H38N6O3/c1-21-17-25(34)12-13-28(21)38-16-15-37(22(2)19-38)20-24-10-8-23(9-11-24)18-36-27-6-3-5-26-30(27)33(42)39(32(26)41)29-7-4-14-35-31(29)40/h3,5-6,8-13,17,22,29,36H,4,7,14-16,18-20,34H2,1-2H3,(H,35,40). The molecule has 0 saturated carbocycles. The molecule has 218 valence electrons. The molecule has 3 amide bonds. The van der Waals surface area contributed by atoms with Crippen LogP contribution in [0.25, 0.3) is 0 Å². The summed E-state index contributed by atoms with van der Waals surface area (Å²) in [5.41, 5.74) is 12.9. The number of aryl methyl sites for hydroxylation is 1. The van der Waals surface area contributed by atoms with Crippen molar-refractivity contribution in [1.29, 1.82) is 0 Å². The van der Waals surface area contributed by atoms with E-state index in [1.54, 1.807) is 12.1 Å². The van der Waals surface area contributed by atoms with Crippen LogP contribution in [0.5, 0.6) is 0 Å². The molecule has 3 aliphatic heterocycles. The van der Waals surface area contributed by atoms with Crippen LogP contribution in [-0.4, -0.2) is 65.8 Å². The molecule has 0 spiro atoms. The molecule has 2 unspecified atom stereocenters. The second-order valence-corrected chi connectivity index (χ2v) is 11.6. The van der Waals surface area contributed by atoms with Crippen LogP contribution in [-0.2, 0) is 17.9 Å². The molecule has 4 N–H and O–H groups in total. The zero-order valence-electron chi connectivity index (χ0n) is 24.2. The number of nitrogens with one attached hydrogen (secondary N) is 2. The Morgan fingerprint density at radius 3 is 2.50 bits per heavy atom. The predicted octanol–water partition coefficient (Wildman–Crippen LogP) is 3.77. The molecular formula is C33H38N6O3. The van der Waals surface area contributed by atoms with Crippen LogP contribution in [0.4, 0.5) is 17.1 Å². The quantitative estimate of drug-likeness (QED) is 0.295. The van der Waals surface area contributed by atoms with Gasteiger partial charge < -0.3 is 21.3 Å². The fourth-order valence-electron chi connectivity index (χ4n) is 6.41. The number of nitrogens with two attached hydrogens (primary N) is 1. The number of imide groups is 1. The summed E-state index contributed by atoms with van der Waals surface area (Å²) in [5.74, 6) is -1.07. The predicted molar refractivity (Wildman–Crippen MR) is 164 cm³/mol. The Morgan fingerprint density at radius 1 is 0.976 bits per heavy atom. The molecule has 6 rings (SSSR count). The largest absolute Gasteiger partial charge is 0.399 e. The minimum atomic E-state index is -0.751. The van der Waals surface area contributed by atoms with Crippen molar-refractivity contribution < 1.29 is 14.4 Å². The Balaban J connectivity index is 1.07. The van der Waals surface area contributed by atoms with E-state index in [0.29, 0.717) is 42.4 Å². The first-order chi connectivity index (χ1) is 20.3. The SMILES string of the molecule is Cc1cc(N)ccc1N1CCN(Cc2ccc(CNc3cccc4c3C(=O)N(C3CCCNC3=O)C4=O)cc2)C(C)C1. The summed E-state index contributed by atoms with van der Waals surface area (Å²) in [4.78, 5) is 45.0. The zero-order valence-corrected chi connectivity index (χ0v) is 24.2. The highest BCUT2D eigenvalue weighted by atomic mass is 16.2. The molecule has 3 aliphatic rings. The van der Waals surface area contributed by atoms with Gasteiger partial charge >= 0.3 is 0 Å². The number of hydrogen-bond acceptors (Lipinski definition) is 7. The lowest BCUT2D eigenvalue weighted by Crippen LogP contribution is -2.52. The Kier molecular flexibility index (Phi) is 7.60. The summed E-state index contributed by atoms with van der Waals surface area (Å²) in [6, 6.07) is 19.6. The molecule has 9 nitrogen and oxygen atoms in total. The van der Waals surface area contributed by atoms with Gasteiger partial charge in [-0.3, -0.25) is 24.2 Å². The molecule has 3 heterocycles.